The van der Waals surface area contributed by atoms with E-state index in [0.717, 1.165) is 0 Å². The van der Waals surface area contributed by atoms with Crippen molar-refractivity contribution in [3.63, 3.8) is 0 Å². The van der Waals surface area contributed by atoms with Crippen molar-refractivity contribution in [1.29, 1.82) is 0 Å². The third-order valence-corrected chi connectivity index (χ3v) is 5.30. The maximum absolute atomic E-state index is 13.2. The fraction of sp³-hybridized carbons (Fsp3) is 0.238. The van der Waals surface area contributed by atoms with E-state index >= 15 is 0 Å². The Morgan fingerprint density at radius 1 is 1.35 bits per heavy atom. The molecule has 3 aromatic rings. The first-order valence-electron chi connectivity index (χ1n) is 9.46. The molecule has 0 saturated heterocycles. The molecule has 0 bridgehead atoms. The van der Waals surface area contributed by atoms with E-state index in [1.54, 1.807) is 36.6 Å². The van der Waals surface area contributed by atoms with E-state index in [4.69, 9.17) is 4.42 Å². The topological polar surface area (TPSA) is 102 Å². The lowest BCUT2D eigenvalue weighted by atomic mass is 10.2. The molecule has 162 valence electrons. The Bertz CT molecular complexity index is 1080. The Labute approximate surface area is 182 Å². The highest BCUT2D eigenvalue weighted by atomic mass is 32.2. The van der Waals surface area contributed by atoms with Gasteiger partial charge in [0.15, 0.2) is 16.7 Å². The van der Waals surface area contributed by atoms with E-state index in [1.165, 1.54) is 36.2 Å². The Balaban J connectivity index is 1.66. The van der Waals surface area contributed by atoms with Crippen LogP contribution < -0.4 is 10.6 Å². The molecule has 2 aromatic heterocycles. The molecule has 1 atom stereocenters. The Morgan fingerprint density at radius 2 is 2.16 bits per heavy atom. The summed E-state index contributed by atoms with van der Waals surface area (Å²) < 4.78 is 20.1. The predicted octanol–water partition coefficient (Wildman–Crippen LogP) is 3.73. The monoisotopic (exact) mass is 443 g/mol. The Kier molecular flexibility index (Phi) is 7.24. The van der Waals surface area contributed by atoms with E-state index in [-0.39, 0.29) is 29.1 Å². The Morgan fingerprint density at radius 3 is 2.84 bits per heavy atom. The van der Waals surface area contributed by atoms with Crippen molar-refractivity contribution < 1.29 is 18.4 Å². The van der Waals surface area contributed by atoms with Crippen LogP contribution in [0.2, 0.25) is 0 Å². The van der Waals surface area contributed by atoms with Crippen LogP contribution in [0.5, 0.6) is 0 Å². The number of hydrogen-bond acceptors (Lipinski definition) is 6. The van der Waals surface area contributed by atoms with Gasteiger partial charge in [-0.2, -0.15) is 0 Å². The standard InChI is InChI=1S/C21H22FN5O3S/c1-4-9-27-19(14(3)23-20(29)17-6-5-10-30-17)25-26-21(27)31-12-18(28)24-16-8-7-15(22)11-13(16)2/h4-8,10-11,14H,1,9,12H2,2-3H3,(H,23,29)(H,24,28)/t14-/m1/s1. The SMILES string of the molecule is C=CCn1c(SCC(=O)Nc2ccc(F)cc2C)nnc1[C@@H](C)NC(=O)c1ccco1. The highest BCUT2D eigenvalue weighted by molar-refractivity contribution is 7.99. The lowest BCUT2D eigenvalue weighted by molar-refractivity contribution is -0.113. The number of halogens is 1. The second kappa shape index (κ2) is 10.1. The van der Waals surface area contributed by atoms with Crippen LogP contribution >= 0.6 is 11.8 Å². The summed E-state index contributed by atoms with van der Waals surface area (Å²) in [5.41, 5.74) is 1.19. The highest BCUT2D eigenvalue weighted by Crippen LogP contribution is 2.22. The van der Waals surface area contributed by atoms with E-state index in [2.05, 4.69) is 27.4 Å². The smallest absolute Gasteiger partial charge is 0.287 e. The van der Waals surface area contributed by atoms with Crippen molar-refractivity contribution in [3.8, 4) is 0 Å². The molecule has 3 rings (SSSR count). The number of nitrogens with one attached hydrogen (secondary N) is 2. The first-order chi connectivity index (χ1) is 14.9. The van der Waals surface area contributed by atoms with E-state index in [1.807, 2.05) is 0 Å². The first kappa shape index (κ1) is 22.3. The molecule has 0 aliphatic rings. The summed E-state index contributed by atoms with van der Waals surface area (Å²) in [6, 6.07) is 6.92. The quantitative estimate of drug-likeness (QED) is 0.386. The molecule has 0 unspecified atom stereocenters. The molecule has 0 spiro atoms. The van der Waals surface area contributed by atoms with Gasteiger partial charge >= 0.3 is 0 Å². The maximum atomic E-state index is 13.2. The summed E-state index contributed by atoms with van der Waals surface area (Å²) in [6.07, 6.45) is 3.10. The predicted molar refractivity (Wildman–Crippen MR) is 115 cm³/mol. The molecule has 10 heteroatoms. The number of anilines is 1. The van der Waals surface area contributed by atoms with Crippen LogP contribution in [0, 0.1) is 12.7 Å². The van der Waals surface area contributed by atoms with Crippen molar-refractivity contribution in [2.45, 2.75) is 31.6 Å². The van der Waals surface area contributed by atoms with Crippen LogP contribution in [0.25, 0.3) is 0 Å². The number of thioether (sulfide) groups is 1. The van der Waals surface area contributed by atoms with Gasteiger partial charge in [0.1, 0.15) is 5.82 Å². The lowest BCUT2D eigenvalue weighted by Gasteiger charge is -2.14. The first-order valence-corrected chi connectivity index (χ1v) is 10.4. The number of amides is 2. The number of rotatable bonds is 9. The second-order valence-electron chi connectivity index (χ2n) is 6.71. The summed E-state index contributed by atoms with van der Waals surface area (Å²) in [6.45, 7) is 7.66. The fourth-order valence-electron chi connectivity index (χ4n) is 2.85. The van der Waals surface area contributed by atoms with Gasteiger partial charge in [0.25, 0.3) is 5.91 Å². The van der Waals surface area contributed by atoms with Crippen molar-refractivity contribution in [1.82, 2.24) is 20.1 Å². The van der Waals surface area contributed by atoms with Gasteiger partial charge in [-0.25, -0.2) is 4.39 Å². The molecule has 0 radical (unpaired) electrons. The minimum atomic E-state index is -0.449. The van der Waals surface area contributed by atoms with Crippen LogP contribution in [-0.4, -0.2) is 32.3 Å². The molecule has 0 fully saturated rings. The number of allylic oxidation sites excluding steroid dienone is 1. The summed E-state index contributed by atoms with van der Waals surface area (Å²) in [5, 5.41) is 14.4. The van der Waals surface area contributed by atoms with E-state index in [9.17, 15) is 14.0 Å². The van der Waals surface area contributed by atoms with E-state index < -0.39 is 6.04 Å². The number of carbonyl (C=O) groups is 2. The number of aromatic nitrogens is 3. The third-order valence-electron chi connectivity index (χ3n) is 4.33. The molecule has 1 aromatic carbocycles. The minimum Gasteiger partial charge on any atom is -0.459 e. The highest BCUT2D eigenvalue weighted by Gasteiger charge is 2.21. The molecule has 0 aliphatic carbocycles. The van der Waals surface area contributed by atoms with Crippen LogP contribution in [0.15, 0.2) is 58.8 Å². The maximum Gasteiger partial charge on any atom is 0.287 e. The van der Waals surface area contributed by atoms with Gasteiger partial charge in [-0.3, -0.25) is 9.59 Å². The molecule has 8 nitrogen and oxygen atoms in total. The summed E-state index contributed by atoms with van der Waals surface area (Å²) >= 11 is 1.20. The number of nitrogens with zero attached hydrogens (tertiary/aromatic N) is 3. The number of hydrogen-bond donors (Lipinski definition) is 2. The third kappa shape index (κ3) is 5.60. The van der Waals surface area contributed by atoms with Crippen molar-refractivity contribution in [2.24, 2.45) is 0 Å². The van der Waals surface area contributed by atoms with Gasteiger partial charge in [-0.1, -0.05) is 17.8 Å². The fourth-order valence-corrected chi connectivity index (χ4v) is 3.61. The molecular formula is C21H22FN5O3S. The van der Waals surface area contributed by atoms with Gasteiger partial charge in [-0.15, -0.1) is 16.8 Å². The summed E-state index contributed by atoms with van der Waals surface area (Å²) in [5.74, 6) is -0.175. The zero-order valence-corrected chi connectivity index (χ0v) is 17.9. The minimum absolute atomic E-state index is 0.0826. The molecule has 2 N–H and O–H groups in total. The van der Waals surface area contributed by atoms with Crippen molar-refractivity contribution in [2.75, 3.05) is 11.1 Å². The van der Waals surface area contributed by atoms with Gasteiger partial charge in [-0.05, 0) is 49.7 Å². The number of benzene rings is 1. The molecule has 0 aliphatic heterocycles. The van der Waals surface area contributed by atoms with Crippen molar-refractivity contribution >= 4 is 29.3 Å². The van der Waals surface area contributed by atoms with E-state index in [0.29, 0.717) is 28.8 Å². The number of carbonyl (C=O) groups excluding carboxylic acids is 2. The second-order valence-corrected chi connectivity index (χ2v) is 7.65. The van der Waals surface area contributed by atoms with Gasteiger partial charge in [0.2, 0.25) is 5.91 Å². The average Bonchev–Trinajstić information content (AvgIpc) is 3.39. The summed E-state index contributed by atoms with van der Waals surface area (Å²) in [7, 11) is 0. The average molecular weight is 444 g/mol. The Hall–Kier alpha value is -3.40. The number of aryl methyl sites for hydroxylation is 1. The molecular weight excluding hydrogens is 421 g/mol. The van der Waals surface area contributed by atoms with Crippen LogP contribution in [0.4, 0.5) is 10.1 Å². The van der Waals surface area contributed by atoms with Gasteiger partial charge in [0, 0.05) is 12.2 Å². The van der Waals surface area contributed by atoms with Crippen LogP contribution in [0.3, 0.4) is 0 Å². The van der Waals surface area contributed by atoms with Gasteiger partial charge in [0.05, 0.1) is 18.1 Å². The molecule has 2 heterocycles. The largest absolute Gasteiger partial charge is 0.459 e. The van der Waals surface area contributed by atoms with Crippen molar-refractivity contribution in [3.05, 3.63) is 72.2 Å². The normalized spacial score (nSPS) is 11.7. The van der Waals surface area contributed by atoms with Crippen LogP contribution in [-0.2, 0) is 11.3 Å². The molecule has 2 amide bonds. The molecule has 31 heavy (non-hydrogen) atoms. The zero-order valence-electron chi connectivity index (χ0n) is 17.1. The molecule has 0 saturated carbocycles. The van der Waals surface area contributed by atoms with Crippen LogP contribution in [0.1, 0.15) is 34.9 Å². The number of furan rings is 1. The summed E-state index contributed by atoms with van der Waals surface area (Å²) in [4.78, 5) is 24.6. The lowest BCUT2D eigenvalue weighted by Crippen LogP contribution is -2.28. The zero-order chi connectivity index (χ0) is 22.4. The van der Waals surface area contributed by atoms with Gasteiger partial charge < -0.3 is 19.6 Å².